The van der Waals surface area contributed by atoms with Crippen molar-refractivity contribution in [1.82, 2.24) is 4.98 Å². The van der Waals surface area contributed by atoms with Crippen LogP contribution in [0.15, 0.2) is 66.9 Å². The maximum Gasteiger partial charge on any atom is 0.277 e. The molecule has 34 heavy (non-hydrogen) atoms. The molecular formula is C30H35NOSi2. The van der Waals surface area contributed by atoms with Gasteiger partial charge in [0.15, 0.2) is 0 Å². The van der Waals surface area contributed by atoms with Crippen molar-refractivity contribution in [2.75, 3.05) is 0 Å². The van der Waals surface area contributed by atoms with Crippen LogP contribution >= 0.6 is 0 Å². The fraction of sp³-hybridized carbons (Fsp3) is 0.300. The van der Waals surface area contributed by atoms with Crippen LogP contribution in [0.2, 0.25) is 32.7 Å². The average molecular weight is 482 g/mol. The Bertz CT molecular complexity index is 1420. The first-order valence-electron chi connectivity index (χ1n) is 12.2. The molecule has 1 aromatic heterocycles. The number of pyridine rings is 1. The van der Waals surface area contributed by atoms with Crippen LogP contribution in [0, 0.1) is 0 Å². The van der Waals surface area contributed by atoms with Gasteiger partial charge in [-0.3, -0.25) is 4.98 Å². The Kier molecular flexibility index (Phi) is 5.19. The molecule has 0 spiro atoms. The topological polar surface area (TPSA) is 22.1 Å². The van der Waals surface area contributed by atoms with Crippen molar-refractivity contribution >= 4 is 37.5 Å². The van der Waals surface area contributed by atoms with E-state index in [4.69, 9.17) is 9.41 Å². The van der Waals surface area contributed by atoms with E-state index in [-0.39, 0.29) is 5.41 Å². The first-order valence-corrected chi connectivity index (χ1v) is 18.6. The van der Waals surface area contributed by atoms with E-state index in [1.165, 1.54) is 37.8 Å². The number of benzene rings is 3. The van der Waals surface area contributed by atoms with Gasteiger partial charge in [-0.05, 0) is 63.8 Å². The fourth-order valence-corrected chi connectivity index (χ4v) is 8.59. The highest BCUT2D eigenvalue weighted by molar-refractivity contribution is 6.90. The first-order chi connectivity index (χ1) is 15.9. The third-order valence-electron chi connectivity index (χ3n) is 7.03. The van der Waals surface area contributed by atoms with Gasteiger partial charge in [-0.25, -0.2) is 0 Å². The van der Waals surface area contributed by atoms with Gasteiger partial charge in [0.25, 0.3) is 8.32 Å². The average Bonchev–Trinajstić information content (AvgIpc) is 2.76. The van der Waals surface area contributed by atoms with Crippen molar-refractivity contribution in [2.24, 2.45) is 0 Å². The maximum atomic E-state index is 6.93. The summed E-state index contributed by atoms with van der Waals surface area (Å²) in [6.45, 7) is 18.7. The Morgan fingerprint density at radius 1 is 0.853 bits per heavy atom. The summed E-state index contributed by atoms with van der Waals surface area (Å²) in [6, 6.07) is 22.5. The fourth-order valence-electron chi connectivity index (χ4n) is 5.09. The lowest BCUT2D eigenvalue weighted by Gasteiger charge is -2.35. The number of hydrogen-bond donors (Lipinski definition) is 0. The van der Waals surface area contributed by atoms with Crippen LogP contribution in [-0.4, -0.2) is 21.4 Å². The minimum atomic E-state index is -2.16. The molecule has 0 saturated heterocycles. The molecule has 0 bridgehead atoms. The largest absolute Gasteiger partial charge is 0.538 e. The highest BCUT2D eigenvalue weighted by Gasteiger charge is 2.38. The maximum absolute atomic E-state index is 6.93. The van der Waals surface area contributed by atoms with Crippen LogP contribution in [0.1, 0.15) is 26.3 Å². The molecule has 4 aromatic rings. The van der Waals surface area contributed by atoms with Crippen molar-refractivity contribution in [3.63, 3.8) is 0 Å². The Labute approximate surface area is 206 Å². The van der Waals surface area contributed by atoms with E-state index in [2.05, 4.69) is 114 Å². The molecule has 0 saturated carbocycles. The van der Waals surface area contributed by atoms with Crippen molar-refractivity contribution in [2.45, 2.75) is 58.9 Å². The summed E-state index contributed by atoms with van der Waals surface area (Å²) in [5.74, 6) is 0.947. The summed E-state index contributed by atoms with van der Waals surface area (Å²) in [5.41, 5.74) is 5.94. The molecule has 0 radical (unpaired) electrons. The number of aromatic nitrogens is 1. The van der Waals surface area contributed by atoms with E-state index in [1.807, 2.05) is 6.20 Å². The number of fused-ring (bicyclic) bond motifs is 4. The number of hydrogen-bond acceptors (Lipinski definition) is 2. The molecule has 1 aliphatic rings. The van der Waals surface area contributed by atoms with Crippen LogP contribution in [0.5, 0.6) is 5.75 Å². The Hall–Kier alpha value is -2.70. The molecular weight excluding hydrogens is 447 g/mol. The van der Waals surface area contributed by atoms with Crippen LogP contribution < -0.4 is 14.8 Å². The Morgan fingerprint density at radius 2 is 1.59 bits per heavy atom. The van der Waals surface area contributed by atoms with Crippen molar-refractivity contribution in [3.8, 4) is 28.1 Å². The second-order valence-electron chi connectivity index (χ2n) is 12.2. The van der Waals surface area contributed by atoms with Gasteiger partial charge in [0, 0.05) is 17.3 Å². The van der Waals surface area contributed by atoms with Crippen LogP contribution in [0.25, 0.3) is 33.2 Å². The predicted octanol–water partition coefficient (Wildman–Crippen LogP) is 7.22. The predicted molar refractivity (Wildman–Crippen MR) is 152 cm³/mol. The molecule has 5 rings (SSSR count). The lowest BCUT2D eigenvalue weighted by Crippen LogP contribution is -2.53. The zero-order valence-electron chi connectivity index (χ0n) is 21.7. The van der Waals surface area contributed by atoms with Crippen LogP contribution in [0.4, 0.5) is 0 Å². The standard InChI is InChI=1S/C30H35NOSi2/c1-30(2,3)26-18-21(17-20-11-9-10-12-23(20)26)28-29-25(15-16-31-28)24-14-13-22(33(4,5)6)19-27(24)34(7,8)32-29/h9-19H,1-8H3. The van der Waals surface area contributed by atoms with E-state index in [1.54, 1.807) is 0 Å². The molecule has 0 amide bonds. The van der Waals surface area contributed by atoms with Gasteiger partial charge in [0.1, 0.15) is 11.4 Å². The molecule has 2 heterocycles. The second kappa shape index (κ2) is 7.66. The number of rotatable bonds is 2. The van der Waals surface area contributed by atoms with Crippen LogP contribution in [0.3, 0.4) is 0 Å². The molecule has 174 valence electrons. The summed E-state index contributed by atoms with van der Waals surface area (Å²) >= 11 is 0. The normalized spacial score (nSPS) is 14.9. The van der Waals surface area contributed by atoms with Crippen molar-refractivity contribution in [3.05, 3.63) is 72.4 Å². The Morgan fingerprint density at radius 3 is 2.29 bits per heavy atom. The van der Waals surface area contributed by atoms with E-state index >= 15 is 0 Å². The molecule has 2 nitrogen and oxygen atoms in total. The van der Waals surface area contributed by atoms with Crippen molar-refractivity contribution in [1.29, 1.82) is 0 Å². The smallest absolute Gasteiger partial charge is 0.277 e. The number of nitrogens with zero attached hydrogens (tertiary/aromatic N) is 1. The first kappa shape index (κ1) is 23.1. The van der Waals surface area contributed by atoms with Gasteiger partial charge in [-0.15, -0.1) is 0 Å². The summed E-state index contributed by atoms with van der Waals surface area (Å²) in [5, 5.41) is 5.46. The van der Waals surface area contributed by atoms with E-state index in [0.29, 0.717) is 0 Å². The molecule has 0 unspecified atom stereocenters. The SMILES string of the molecule is CC(C)(C)c1cc(-c2nccc3c2O[Si](C)(C)c2cc([Si](C)(C)C)ccc2-3)cc2ccccc12. The second-order valence-corrected chi connectivity index (χ2v) is 21.0. The Balaban J connectivity index is 1.76. The van der Waals surface area contributed by atoms with E-state index < -0.39 is 16.4 Å². The monoisotopic (exact) mass is 481 g/mol. The van der Waals surface area contributed by atoms with Crippen molar-refractivity contribution < 1.29 is 4.43 Å². The minimum absolute atomic E-state index is 0.0270. The zero-order valence-corrected chi connectivity index (χ0v) is 23.7. The van der Waals surface area contributed by atoms with Gasteiger partial charge >= 0.3 is 0 Å². The van der Waals surface area contributed by atoms with Gasteiger partial charge in [-0.1, -0.05) is 88.1 Å². The summed E-state index contributed by atoms with van der Waals surface area (Å²) in [7, 11) is -3.56. The van der Waals surface area contributed by atoms with Gasteiger partial charge < -0.3 is 4.43 Å². The van der Waals surface area contributed by atoms with Crippen LogP contribution in [-0.2, 0) is 5.41 Å². The lowest BCUT2D eigenvalue weighted by molar-refractivity contribution is 0.562. The summed E-state index contributed by atoms with van der Waals surface area (Å²) < 4.78 is 6.93. The molecule has 3 aromatic carbocycles. The quantitative estimate of drug-likeness (QED) is 0.282. The van der Waals surface area contributed by atoms with E-state index in [0.717, 1.165) is 17.0 Å². The highest BCUT2D eigenvalue weighted by Crippen LogP contribution is 2.43. The molecule has 0 atom stereocenters. The van der Waals surface area contributed by atoms with Gasteiger partial charge in [-0.2, -0.15) is 0 Å². The van der Waals surface area contributed by atoms with Gasteiger partial charge in [0.05, 0.1) is 8.07 Å². The molecule has 1 aliphatic heterocycles. The molecule has 0 N–H and O–H groups in total. The third-order valence-corrected chi connectivity index (χ3v) is 11.5. The molecule has 0 aliphatic carbocycles. The lowest BCUT2D eigenvalue weighted by atomic mass is 9.82. The summed E-state index contributed by atoms with van der Waals surface area (Å²) in [6.07, 6.45) is 1.94. The molecule has 4 heteroatoms. The highest BCUT2D eigenvalue weighted by atomic mass is 28.4. The summed E-state index contributed by atoms with van der Waals surface area (Å²) in [4.78, 5) is 4.89. The van der Waals surface area contributed by atoms with E-state index in [9.17, 15) is 0 Å². The third kappa shape index (κ3) is 3.83. The van der Waals surface area contributed by atoms with Gasteiger partial charge in [0.2, 0.25) is 0 Å². The minimum Gasteiger partial charge on any atom is -0.538 e. The molecule has 0 fully saturated rings. The zero-order chi connectivity index (χ0) is 24.5.